The molecule has 0 spiro atoms. The Bertz CT molecular complexity index is 2860. The fourth-order valence-electron chi connectivity index (χ4n) is 9.40. The number of allylic oxidation sites excluding steroid dienone is 2. The Balaban J connectivity index is 1.03. The summed E-state index contributed by atoms with van der Waals surface area (Å²) >= 11 is 0. The second-order valence-corrected chi connectivity index (χ2v) is 15.2. The summed E-state index contributed by atoms with van der Waals surface area (Å²) < 4.78 is 4.82. The van der Waals surface area contributed by atoms with E-state index in [1.54, 1.807) is 0 Å². The predicted octanol–water partition coefficient (Wildman–Crippen LogP) is 11.6. The van der Waals surface area contributed by atoms with Crippen LogP contribution in [-0.4, -0.2) is 15.3 Å². The van der Waals surface area contributed by atoms with Crippen molar-refractivity contribution in [3.8, 4) is 16.8 Å². The summed E-state index contributed by atoms with van der Waals surface area (Å²) in [4.78, 5) is 5.07. The molecule has 1 N–H and O–H groups in total. The van der Waals surface area contributed by atoms with Crippen LogP contribution in [0.4, 0.5) is 0 Å². The van der Waals surface area contributed by atoms with Crippen molar-refractivity contribution < 1.29 is 0 Å². The maximum atomic E-state index is 5.07. The van der Waals surface area contributed by atoms with E-state index in [-0.39, 0.29) is 11.7 Å². The highest BCUT2D eigenvalue weighted by Crippen LogP contribution is 2.51. The molecule has 2 atom stereocenters. The molecule has 8 aromatic rings. The van der Waals surface area contributed by atoms with Crippen molar-refractivity contribution in [2.45, 2.75) is 37.9 Å². The van der Waals surface area contributed by atoms with Gasteiger partial charge in [-0.2, -0.15) is 0 Å². The van der Waals surface area contributed by atoms with Gasteiger partial charge in [0.05, 0.1) is 16.6 Å². The van der Waals surface area contributed by atoms with Crippen LogP contribution < -0.4 is 5.32 Å². The number of fused-ring (bicyclic) bond motifs is 9. The highest BCUT2D eigenvalue weighted by atomic mass is 15.3. The molecule has 6 aromatic carbocycles. The smallest absolute Gasteiger partial charge is 0.200 e. The number of para-hydroxylation sites is 2. The minimum absolute atomic E-state index is 0.0882. The van der Waals surface area contributed by atoms with Crippen molar-refractivity contribution in [1.29, 1.82) is 0 Å². The van der Waals surface area contributed by atoms with E-state index < -0.39 is 0 Å². The first-order valence-corrected chi connectivity index (χ1v) is 18.7. The topological polar surface area (TPSA) is 34.2 Å². The Morgan fingerprint density at radius 1 is 0.660 bits per heavy atom. The third-order valence-corrected chi connectivity index (χ3v) is 12.0. The summed E-state index contributed by atoms with van der Waals surface area (Å²) in [5.74, 6) is 0.334. The van der Waals surface area contributed by atoms with Gasteiger partial charge in [0.2, 0.25) is 6.29 Å². The van der Waals surface area contributed by atoms with E-state index >= 15 is 0 Å². The average Bonchev–Trinajstić information content (AvgIpc) is 3.80. The standard InChI is InChI=1S/C49H38N4/c1-49(2)41-19-11-9-17-35(41)37-29-40-36-18-10-12-20-44(36)53(47(40)30-42(37)49)48-50-26-25-43(51-48)33-22-24-46-39(28-33)38-27-32(31-13-5-3-6-14-31)21-23-45(38)52(46)34-15-7-4-8-16-34/h3-26,28-30,32,48,51H,27H2,1-2H3. The van der Waals surface area contributed by atoms with Crippen molar-refractivity contribution in [3.05, 3.63) is 185 Å². The molecule has 3 heterocycles. The maximum Gasteiger partial charge on any atom is 0.200 e. The molecule has 2 aliphatic carbocycles. The lowest BCUT2D eigenvalue weighted by Gasteiger charge is -2.25. The normalized spacial score (nSPS) is 18.2. The van der Waals surface area contributed by atoms with E-state index in [0.717, 1.165) is 17.7 Å². The molecule has 4 nitrogen and oxygen atoms in total. The Labute approximate surface area is 309 Å². The minimum atomic E-state index is -0.300. The fourth-order valence-corrected chi connectivity index (χ4v) is 9.40. The lowest BCUT2D eigenvalue weighted by atomic mass is 9.82. The van der Waals surface area contributed by atoms with Gasteiger partial charge in [-0.1, -0.05) is 117 Å². The van der Waals surface area contributed by atoms with E-state index in [4.69, 9.17) is 4.99 Å². The van der Waals surface area contributed by atoms with Crippen LogP contribution in [-0.2, 0) is 11.8 Å². The number of nitrogens with zero attached hydrogens (tertiary/aromatic N) is 3. The molecule has 11 rings (SSSR count). The molecule has 4 heteroatoms. The van der Waals surface area contributed by atoms with E-state index in [2.05, 4.69) is 186 Å². The quantitative estimate of drug-likeness (QED) is 0.197. The lowest BCUT2D eigenvalue weighted by molar-refractivity contribution is 0.510. The van der Waals surface area contributed by atoms with Crippen LogP contribution >= 0.6 is 0 Å². The van der Waals surface area contributed by atoms with Crippen molar-refractivity contribution in [2.75, 3.05) is 0 Å². The van der Waals surface area contributed by atoms with Crippen molar-refractivity contribution in [3.63, 3.8) is 0 Å². The molecular formula is C49H38N4. The van der Waals surface area contributed by atoms with Crippen molar-refractivity contribution >= 4 is 50.7 Å². The van der Waals surface area contributed by atoms with Crippen LogP contribution in [0.2, 0.25) is 0 Å². The zero-order valence-electron chi connectivity index (χ0n) is 29.8. The maximum absolute atomic E-state index is 5.07. The molecule has 1 aliphatic heterocycles. The van der Waals surface area contributed by atoms with Gasteiger partial charge in [0, 0.05) is 50.8 Å². The number of nitrogens with one attached hydrogen (secondary N) is 1. The minimum Gasteiger partial charge on any atom is -0.346 e. The summed E-state index contributed by atoms with van der Waals surface area (Å²) in [7, 11) is 0. The van der Waals surface area contributed by atoms with Crippen LogP contribution in [0, 0.1) is 0 Å². The molecule has 0 saturated carbocycles. The van der Waals surface area contributed by atoms with E-state index in [1.807, 2.05) is 6.21 Å². The second kappa shape index (κ2) is 11.3. The van der Waals surface area contributed by atoms with Gasteiger partial charge in [-0.25, -0.2) is 4.99 Å². The highest BCUT2D eigenvalue weighted by Gasteiger charge is 2.36. The Hall–Kier alpha value is -6.39. The van der Waals surface area contributed by atoms with Gasteiger partial charge in [0.1, 0.15) is 0 Å². The number of benzene rings is 6. The van der Waals surface area contributed by atoms with Gasteiger partial charge >= 0.3 is 0 Å². The van der Waals surface area contributed by atoms with Crippen molar-refractivity contribution in [1.82, 2.24) is 14.5 Å². The first kappa shape index (κ1) is 30.3. The number of hydrogen-bond donors (Lipinski definition) is 1. The summed E-state index contributed by atoms with van der Waals surface area (Å²) in [5, 5.41) is 7.69. The molecule has 2 aromatic heterocycles. The van der Waals surface area contributed by atoms with Gasteiger partial charge in [-0.3, -0.25) is 0 Å². The Morgan fingerprint density at radius 2 is 1.43 bits per heavy atom. The number of hydrogen-bond acceptors (Lipinski definition) is 2. The zero-order valence-corrected chi connectivity index (χ0v) is 29.8. The molecule has 2 unspecified atom stereocenters. The third-order valence-electron chi connectivity index (χ3n) is 12.0. The first-order valence-electron chi connectivity index (χ1n) is 18.7. The van der Waals surface area contributed by atoms with Gasteiger partial charge in [0.25, 0.3) is 0 Å². The summed E-state index contributed by atoms with van der Waals surface area (Å²) in [6.45, 7) is 4.71. The molecule has 0 amide bonds. The van der Waals surface area contributed by atoms with Crippen LogP contribution in [0.25, 0.3) is 61.3 Å². The zero-order chi connectivity index (χ0) is 35.3. The highest BCUT2D eigenvalue weighted by molar-refractivity contribution is 6.11. The average molecular weight is 683 g/mol. The Kier molecular flexibility index (Phi) is 6.45. The van der Waals surface area contributed by atoms with Crippen LogP contribution in [0.15, 0.2) is 157 Å². The summed E-state index contributed by atoms with van der Waals surface area (Å²) in [6, 6.07) is 51.1. The summed E-state index contributed by atoms with van der Waals surface area (Å²) in [6.07, 6.45) is 9.47. The molecule has 3 aliphatic rings. The van der Waals surface area contributed by atoms with Gasteiger partial charge in [-0.15, -0.1) is 0 Å². The molecule has 254 valence electrons. The van der Waals surface area contributed by atoms with Crippen LogP contribution in [0.5, 0.6) is 0 Å². The van der Waals surface area contributed by atoms with Crippen LogP contribution in [0.3, 0.4) is 0 Å². The lowest BCUT2D eigenvalue weighted by Crippen LogP contribution is -2.26. The third kappa shape index (κ3) is 4.45. The van der Waals surface area contributed by atoms with Crippen LogP contribution in [0.1, 0.15) is 59.6 Å². The van der Waals surface area contributed by atoms with E-state index in [1.165, 1.54) is 77.5 Å². The van der Waals surface area contributed by atoms with E-state index in [0.29, 0.717) is 5.92 Å². The molecular weight excluding hydrogens is 645 g/mol. The van der Waals surface area contributed by atoms with Gasteiger partial charge in [-0.05, 0) is 100.0 Å². The fraction of sp³-hybridized carbons (Fsp3) is 0.122. The molecule has 53 heavy (non-hydrogen) atoms. The molecule has 0 radical (unpaired) electrons. The number of aromatic nitrogens is 2. The number of rotatable bonds is 4. The monoisotopic (exact) mass is 682 g/mol. The SMILES string of the molecule is CC1(C)c2ccccc2-c2cc3c4ccccc4n(C4N=CC=C(c5ccc6c(c5)c5c(n6-c6ccccc6)C=CC(c6ccccc6)C5)N4)c3cc21. The largest absolute Gasteiger partial charge is 0.346 e. The number of aliphatic imine (C=N–C) groups is 1. The van der Waals surface area contributed by atoms with Crippen molar-refractivity contribution in [2.24, 2.45) is 4.99 Å². The van der Waals surface area contributed by atoms with Gasteiger partial charge < -0.3 is 14.5 Å². The Morgan fingerprint density at radius 3 is 2.30 bits per heavy atom. The molecule has 0 saturated heterocycles. The second-order valence-electron chi connectivity index (χ2n) is 15.2. The van der Waals surface area contributed by atoms with E-state index in [9.17, 15) is 0 Å². The predicted molar refractivity (Wildman–Crippen MR) is 221 cm³/mol. The first-order chi connectivity index (χ1) is 26.0. The molecule has 0 bridgehead atoms. The summed E-state index contributed by atoms with van der Waals surface area (Å²) in [5.41, 5.74) is 16.4. The molecule has 0 fully saturated rings. The van der Waals surface area contributed by atoms with Gasteiger partial charge in [0.15, 0.2) is 0 Å².